The van der Waals surface area contributed by atoms with Gasteiger partial charge in [-0.25, -0.2) is 0 Å². The van der Waals surface area contributed by atoms with Gasteiger partial charge in [-0.05, 0) is 36.2 Å². The Labute approximate surface area is 154 Å². The molecule has 0 saturated heterocycles. The number of benzene rings is 2. The highest BCUT2D eigenvalue weighted by atomic mass is 79.9. The first-order valence-electron chi connectivity index (χ1n) is 7.24. The molecule has 0 unspecified atom stereocenters. The molecule has 0 aliphatic rings. The molecular weight excluding hydrogens is 390 g/mol. The van der Waals surface area contributed by atoms with Gasteiger partial charge in [0, 0.05) is 27.9 Å². The Balaban J connectivity index is 1.90. The van der Waals surface area contributed by atoms with Crippen LogP contribution in [0.2, 0.25) is 5.02 Å². The average Bonchev–Trinajstić information content (AvgIpc) is 2.56. The maximum absolute atomic E-state index is 12.1. The smallest absolute Gasteiger partial charge is 0.267 e. The molecule has 1 amide bonds. The quantitative estimate of drug-likeness (QED) is 0.429. The molecule has 0 aliphatic heterocycles. The lowest BCUT2D eigenvalue weighted by Gasteiger charge is -2.06. The Bertz CT molecular complexity index is 799. The molecule has 0 heterocycles. The summed E-state index contributed by atoms with van der Waals surface area (Å²) in [5.74, 6) is -0.479. The standard InChI is InChI=1S/C18H15BrClN3O/c19-17-7-2-1-4-13(17)8-9-22-12-14(11-21)18(24)23-16-6-3-5-15(20)10-16/h1-7,10,12,22H,8-9H2,(H,23,24)/b14-12-. The lowest BCUT2D eigenvalue weighted by atomic mass is 10.1. The molecule has 0 spiro atoms. The Morgan fingerprint density at radius 3 is 2.75 bits per heavy atom. The van der Waals surface area contributed by atoms with Crippen molar-refractivity contribution < 1.29 is 4.79 Å². The minimum Gasteiger partial charge on any atom is -0.389 e. The molecule has 0 fully saturated rings. The van der Waals surface area contributed by atoms with Gasteiger partial charge in [0.1, 0.15) is 11.6 Å². The topological polar surface area (TPSA) is 64.9 Å². The van der Waals surface area contributed by atoms with Gasteiger partial charge in [0.25, 0.3) is 5.91 Å². The third kappa shape index (κ3) is 5.41. The zero-order valence-electron chi connectivity index (χ0n) is 12.7. The van der Waals surface area contributed by atoms with E-state index in [0.717, 1.165) is 16.5 Å². The highest BCUT2D eigenvalue weighted by molar-refractivity contribution is 9.10. The van der Waals surface area contributed by atoms with Crippen molar-refractivity contribution in [3.8, 4) is 6.07 Å². The number of rotatable bonds is 6. The fourth-order valence-corrected chi connectivity index (χ4v) is 2.67. The minimum absolute atomic E-state index is 0.00195. The van der Waals surface area contributed by atoms with Crippen molar-refractivity contribution in [2.45, 2.75) is 6.42 Å². The Kier molecular flexibility index (Phi) is 6.86. The summed E-state index contributed by atoms with van der Waals surface area (Å²) in [5, 5.41) is 15.3. The van der Waals surface area contributed by atoms with Gasteiger partial charge < -0.3 is 10.6 Å². The predicted molar refractivity (Wildman–Crippen MR) is 99.6 cm³/mol. The maximum atomic E-state index is 12.1. The van der Waals surface area contributed by atoms with Crippen molar-refractivity contribution >= 4 is 39.1 Å². The van der Waals surface area contributed by atoms with Crippen LogP contribution in [-0.4, -0.2) is 12.5 Å². The normalized spacial score (nSPS) is 10.8. The van der Waals surface area contributed by atoms with Crippen LogP contribution in [0, 0.1) is 11.3 Å². The Morgan fingerprint density at radius 2 is 2.04 bits per heavy atom. The fourth-order valence-electron chi connectivity index (χ4n) is 2.00. The predicted octanol–water partition coefficient (Wildman–Crippen LogP) is 4.28. The van der Waals surface area contributed by atoms with Gasteiger partial charge in [-0.15, -0.1) is 0 Å². The van der Waals surface area contributed by atoms with E-state index in [1.807, 2.05) is 30.3 Å². The summed E-state index contributed by atoms with van der Waals surface area (Å²) in [5.41, 5.74) is 1.70. The number of amides is 1. The van der Waals surface area contributed by atoms with Crippen LogP contribution >= 0.6 is 27.5 Å². The monoisotopic (exact) mass is 403 g/mol. The van der Waals surface area contributed by atoms with Crippen LogP contribution in [0.25, 0.3) is 0 Å². The SMILES string of the molecule is N#C/C(=C/NCCc1ccccc1Br)C(=O)Nc1cccc(Cl)c1. The molecule has 0 aromatic heterocycles. The molecule has 0 bridgehead atoms. The number of nitrogens with zero attached hydrogens (tertiary/aromatic N) is 1. The van der Waals surface area contributed by atoms with Crippen LogP contribution in [-0.2, 0) is 11.2 Å². The molecule has 2 N–H and O–H groups in total. The summed E-state index contributed by atoms with van der Waals surface area (Å²) >= 11 is 9.35. The van der Waals surface area contributed by atoms with Gasteiger partial charge in [-0.1, -0.05) is 51.8 Å². The summed E-state index contributed by atoms with van der Waals surface area (Å²) in [6.07, 6.45) is 2.20. The van der Waals surface area contributed by atoms with Gasteiger partial charge in [-0.3, -0.25) is 4.79 Å². The van der Waals surface area contributed by atoms with Crippen molar-refractivity contribution in [3.63, 3.8) is 0 Å². The molecule has 0 atom stereocenters. The Hall–Kier alpha value is -2.29. The average molecular weight is 405 g/mol. The van der Waals surface area contributed by atoms with Crippen molar-refractivity contribution in [2.24, 2.45) is 0 Å². The number of hydrogen-bond donors (Lipinski definition) is 2. The van der Waals surface area contributed by atoms with E-state index in [1.165, 1.54) is 6.20 Å². The van der Waals surface area contributed by atoms with E-state index in [9.17, 15) is 4.79 Å². The second-order valence-corrected chi connectivity index (χ2v) is 6.22. The molecule has 2 aromatic carbocycles. The van der Waals surface area contributed by atoms with E-state index in [-0.39, 0.29) is 5.57 Å². The molecule has 0 aliphatic carbocycles. The van der Waals surface area contributed by atoms with E-state index in [2.05, 4.69) is 26.6 Å². The van der Waals surface area contributed by atoms with Gasteiger partial charge >= 0.3 is 0 Å². The highest BCUT2D eigenvalue weighted by Crippen LogP contribution is 2.16. The molecule has 0 radical (unpaired) electrons. The van der Waals surface area contributed by atoms with Crippen LogP contribution in [0.15, 0.2) is 64.8 Å². The zero-order chi connectivity index (χ0) is 17.4. The number of hydrogen-bond acceptors (Lipinski definition) is 3. The van der Waals surface area contributed by atoms with Crippen LogP contribution in [0.3, 0.4) is 0 Å². The minimum atomic E-state index is -0.479. The summed E-state index contributed by atoms with van der Waals surface area (Å²) in [6.45, 7) is 0.609. The second kappa shape index (κ2) is 9.11. The molecule has 2 aromatic rings. The molecule has 122 valence electrons. The van der Waals surface area contributed by atoms with E-state index in [4.69, 9.17) is 16.9 Å². The molecule has 2 rings (SSSR count). The van der Waals surface area contributed by atoms with Crippen molar-refractivity contribution in [3.05, 3.63) is 75.4 Å². The summed E-state index contributed by atoms with van der Waals surface area (Å²) in [4.78, 5) is 12.1. The van der Waals surface area contributed by atoms with Crippen molar-refractivity contribution in [1.82, 2.24) is 5.32 Å². The molecule has 4 nitrogen and oxygen atoms in total. The van der Waals surface area contributed by atoms with Crippen molar-refractivity contribution in [1.29, 1.82) is 5.26 Å². The van der Waals surface area contributed by atoms with Gasteiger partial charge in [0.05, 0.1) is 0 Å². The molecular formula is C18H15BrClN3O. The fraction of sp³-hybridized carbons (Fsp3) is 0.111. The number of halogens is 2. The number of carbonyl (C=O) groups excluding carboxylic acids is 1. The van der Waals surface area contributed by atoms with Crippen LogP contribution in [0.4, 0.5) is 5.69 Å². The first-order valence-corrected chi connectivity index (χ1v) is 8.41. The first-order chi connectivity index (χ1) is 11.6. The molecule has 0 saturated carbocycles. The van der Waals surface area contributed by atoms with Crippen LogP contribution in [0.1, 0.15) is 5.56 Å². The second-order valence-electron chi connectivity index (χ2n) is 4.93. The van der Waals surface area contributed by atoms with Crippen molar-refractivity contribution in [2.75, 3.05) is 11.9 Å². The van der Waals surface area contributed by atoms with E-state index >= 15 is 0 Å². The van der Waals surface area contributed by atoms with Gasteiger partial charge in [0.15, 0.2) is 0 Å². The number of carbonyl (C=O) groups is 1. The summed E-state index contributed by atoms with van der Waals surface area (Å²) in [7, 11) is 0. The van der Waals surface area contributed by atoms with Gasteiger partial charge in [0.2, 0.25) is 0 Å². The molecule has 6 heteroatoms. The van der Waals surface area contributed by atoms with E-state index in [1.54, 1.807) is 24.3 Å². The van der Waals surface area contributed by atoms with Crippen LogP contribution in [0.5, 0.6) is 0 Å². The number of anilines is 1. The summed E-state index contributed by atoms with van der Waals surface area (Å²) < 4.78 is 1.04. The lowest BCUT2D eigenvalue weighted by Crippen LogP contribution is -2.18. The van der Waals surface area contributed by atoms with Gasteiger partial charge in [-0.2, -0.15) is 5.26 Å². The first kappa shape index (κ1) is 18.1. The largest absolute Gasteiger partial charge is 0.389 e. The van der Waals surface area contributed by atoms with E-state index in [0.29, 0.717) is 17.3 Å². The Morgan fingerprint density at radius 1 is 1.25 bits per heavy atom. The summed E-state index contributed by atoms with van der Waals surface area (Å²) in [6, 6.07) is 16.6. The maximum Gasteiger partial charge on any atom is 0.267 e. The highest BCUT2D eigenvalue weighted by Gasteiger charge is 2.09. The van der Waals surface area contributed by atoms with Crippen LogP contribution < -0.4 is 10.6 Å². The lowest BCUT2D eigenvalue weighted by molar-refractivity contribution is -0.112. The number of nitriles is 1. The zero-order valence-corrected chi connectivity index (χ0v) is 15.1. The third-order valence-electron chi connectivity index (χ3n) is 3.19. The number of nitrogens with one attached hydrogen (secondary N) is 2. The van der Waals surface area contributed by atoms with E-state index < -0.39 is 5.91 Å². The molecule has 24 heavy (non-hydrogen) atoms. The third-order valence-corrected chi connectivity index (χ3v) is 4.20.